The van der Waals surface area contributed by atoms with Gasteiger partial charge >= 0.3 is 5.97 Å². The van der Waals surface area contributed by atoms with Gasteiger partial charge in [-0.2, -0.15) is 5.26 Å². The normalized spacial score (nSPS) is 23.9. The summed E-state index contributed by atoms with van der Waals surface area (Å²) in [4.78, 5) is 16.3. The molecule has 0 saturated heterocycles. The highest BCUT2D eigenvalue weighted by Crippen LogP contribution is 2.39. The van der Waals surface area contributed by atoms with Gasteiger partial charge < -0.3 is 14.2 Å². The highest BCUT2D eigenvalue weighted by atomic mass is 16.7. The molecule has 3 rings (SSSR count). The quantitative estimate of drug-likeness (QED) is 0.127. The Morgan fingerprint density at radius 2 is 1.56 bits per heavy atom. The van der Waals surface area contributed by atoms with Gasteiger partial charge in [-0.15, -0.1) is 0 Å². The molecular weight excluding hydrogens is 452 g/mol. The molecule has 0 amide bonds. The van der Waals surface area contributed by atoms with Gasteiger partial charge in [0.15, 0.2) is 6.79 Å². The van der Waals surface area contributed by atoms with Crippen LogP contribution in [0.15, 0.2) is 12.1 Å². The van der Waals surface area contributed by atoms with Crippen LogP contribution in [0.3, 0.4) is 0 Å². The van der Waals surface area contributed by atoms with Gasteiger partial charge in [-0.3, -0.25) is 4.79 Å². The van der Waals surface area contributed by atoms with Crippen LogP contribution in [0.25, 0.3) is 4.85 Å². The van der Waals surface area contributed by atoms with Gasteiger partial charge in [0.05, 0.1) is 24.7 Å². The number of carbonyl (C=O) groups excluding carboxylic acids is 1. The smallest absolute Gasteiger partial charge is 0.313 e. The van der Waals surface area contributed by atoms with E-state index in [9.17, 15) is 10.1 Å². The van der Waals surface area contributed by atoms with Crippen LogP contribution in [0, 0.1) is 35.7 Å². The number of rotatable bonds is 12. The van der Waals surface area contributed by atoms with E-state index in [-0.39, 0.29) is 47.5 Å². The summed E-state index contributed by atoms with van der Waals surface area (Å²) in [5.41, 5.74) is 0.113. The van der Waals surface area contributed by atoms with Crippen LogP contribution < -0.4 is 9.47 Å². The summed E-state index contributed by atoms with van der Waals surface area (Å²) < 4.78 is 17.3. The third-order valence-electron chi connectivity index (χ3n) is 7.96. The van der Waals surface area contributed by atoms with Gasteiger partial charge in [0.25, 0.3) is 0 Å². The van der Waals surface area contributed by atoms with E-state index in [0.717, 1.165) is 44.4 Å². The summed E-state index contributed by atoms with van der Waals surface area (Å²) in [5, 5.41) is 9.73. The standard InChI is InChI=1S/C30H42N2O4/c1-4-6-8-22-10-14-24(15-11-22)30(33)36-28-19-18-27(26(20-31)29(28)32-3)35-21-34-25-16-12-23(13-17-25)9-7-5-2/h18-19,22-25H,4-17,21H2,1-2H3. The van der Waals surface area contributed by atoms with Gasteiger partial charge in [0.2, 0.25) is 5.69 Å². The molecule has 0 aliphatic heterocycles. The molecular formula is C30H42N2O4. The molecule has 0 radical (unpaired) electrons. The van der Waals surface area contributed by atoms with Crippen molar-refractivity contribution in [1.82, 2.24) is 0 Å². The fraction of sp³-hybridized carbons (Fsp3) is 0.700. The van der Waals surface area contributed by atoms with Gasteiger partial charge in [-0.1, -0.05) is 52.4 Å². The van der Waals surface area contributed by atoms with Crippen LogP contribution in [-0.4, -0.2) is 18.9 Å². The second-order valence-electron chi connectivity index (χ2n) is 10.5. The molecule has 6 heteroatoms. The summed E-state index contributed by atoms with van der Waals surface area (Å²) >= 11 is 0. The number of esters is 1. The molecule has 2 aliphatic rings. The largest absolute Gasteiger partial charge is 0.468 e. The molecule has 36 heavy (non-hydrogen) atoms. The van der Waals surface area contributed by atoms with E-state index in [1.54, 1.807) is 12.1 Å². The van der Waals surface area contributed by atoms with Crippen molar-refractivity contribution in [3.05, 3.63) is 29.1 Å². The number of nitriles is 1. The molecule has 2 fully saturated rings. The Hall–Kier alpha value is -2.57. The minimum Gasteiger partial charge on any atom is -0.468 e. The maximum atomic E-state index is 12.8. The first kappa shape index (κ1) is 28.0. The molecule has 1 aromatic rings. The molecule has 0 bridgehead atoms. The molecule has 0 N–H and O–H groups in total. The first-order valence-electron chi connectivity index (χ1n) is 14.0. The third kappa shape index (κ3) is 7.97. The predicted octanol–water partition coefficient (Wildman–Crippen LogP) is 8.11. The molecule has 6 nitrogen and oxygen atoms in total. The zero-order chi connectivity index (χ0) is 25.8. The Bertz CT molecular complexity index is 916. The minimum absolute atomic E-state index is 0.0245. The van der Waals surface area contributed by atoms with Gasteiger partial charge in [0.1, 0.15) is 17.1 Å². The highest BCUT2D eigenvalue weighted by Gasteiger charge is 2.29. The lowest BCUT2D eigenvalue weighted by Gasteiger charge is -2.28. The number of nitrogens with zero attached hydrogens (tertiary/aromatic N) is 2. The van der Waals surface area contributed by atoms with Gasteiger partial charge in [0, 0.05) is 0 Å². The van der Waals surface area contributed by atoms with Gasteiger partial charge in [-0.05, 0) is 75.3 Å². The van der Waals surface area contributed by atoms with E-state index >= 15 is 0 Å². The van der Waals surface area contributed by atoms with Crippen molar-refractivity contribution in [3.63, 3.8) is 0 Å². The lowest BCUT2D eigenvalue weighted by molar-refractivity contribution is -0.140. The molecule has 0 spiro atoms. The third-order valence-corrected chi connectivity index (χ3v) is 7.96. The predicted molar refractivity (Wildman–Crippen MR) is 140 cm³/mol. The van der Waals surface area contributed by atoms with E-state index in [1.165, 1.54) is 51.4 Å². The average molecular weight is 495 g/mol. The fourth-order valence-corrected chi connectivity index (χ4v) is 5.62. The zero-order valence-electron chi connectivity index (χ0n) is 22.1. The summed E-state index contributed by atoms with van der Waals surface area (Å²) in [5.74, 6) is 1.49. The van der Waals surface area contributed by atoms with Crippen LogP contribution >= 0.6 is 0 Å². The Kier molecular flexibility index (Phi) is 11.6. The van der Waals surface area contributed by atoms with Gasteiger partial charge in [-0.25, -0.2) is 4.85 Å². The molecule has 0 atom stereocenters. The average Bonchev–Trinajstić information content (AvgIpc) is 2.92. The molecule has 0 unspecified atom stereocenters. The molecule has 1 aromatic carbocycles. The van der Waals surface area contributed by atoms with Crippen molar-refractivity contribution in [2.75, 3.05) is 6.79 Å². The number of hydrogen-bond acceptors (Lipinski definition) is 5. The molecule has 196 valence electrons. The maximum Gasteiger partial charge on any atom is 0.313 e. The van der Waals surface area contributed by atoms with E-state index < -0.39 is 0 Å². The lowest BCUT2D eigenvalue weighted by atomic mass is 9.80. The first-order chi connectivity index (χ1) is 17.6. The monoisotopic (exact) mass is 494 g/mol. The number of carbonyl (C=O) groups is 1. The number of benzene rings is 1. The number of hydrogen-bond donors (Lipinski definition) is 0. The molecule has 0 aromatic heterocycles. The van der Waals surface area contributed by atoms with Crippen molar-refractivity contribution >= 4 is 11.7 Å². The number of unbranched alkanes of at least 4 members (excludes halogenated alkanes) is 2. The van der Waals surface area contributed by atoms with Crippen molar-refractivity contribution < 1.29 is 19.0 Å². The second-order valence-corrected chi connectivity index (χ2v) is 10.5. The SMILES string of the molecule is [C-]#[N+]c1c(OC(=O)C2CCC(CCCC)CC2)ccc(OCOC2CCC(CCCC)CC2)c1C#N. The minimum atomic E-state index is -0.302. The van der Waals surface area contributed by atoms with E-state index in [0.29, 0.717) is 5.92 Å². The van der Waals surface area contributed by atoms with Crippen molar-refractivity contribution in [2.24, 2.45) is 17.8 Å². The van der Waals surface area contributed by atoms with Crippen LogP contribution in [0.2, 0.25) is 0 Å². The number of ether oxygens (including phenoxy) is 3. The summed E-state index contributed by atoms with van der Waals surface area (Å²) in [7, 11) is 0. The molecule has 2 saturated carbocycles. The van der Waals surface area contributed by atoms with Crippen molar-refractivity contribution in [1.29, 1.82) is 5.26 Å². The van der Waals surface area contributed by atoms with Crippen molar-refractivity contribution in [2.45, 2.75) is 110 Å². The Morgan fingerprint density at radius 3 is 2.11 bits per heavy atom. The fourth-order valence-electron chi connectivity index (χ4n) is 5.62. The van der Waals surface area contributed by atoms with E-state index in [4.69, 9.17) is 20.8 Å². The Labute approximate surface area is 217 Å². The lowest BCUT2D eigenvalue weighted by Crippen LogP contribution is -2.25. The zero-order valence-corrected chi connectivity index (χ0v) is 22.1. The van der Waals surface area contributed by atoms with E-state index in [2.05, 4.69) is 24.8 Å². The highest BCUT2D eigenvalue weighted by molar-refractivity contribution is 5.80. The van der Waals surface area contributed by atoms with Crippen LogP contribution in [0.1, 0.15) is 109 Å². The van der Waals surface area contributed by atoms with Crippen LogP contribution in [0.5, 0.6) is 11.5 Å². The van der Waals surface area contributed by atoms with E-state index in [1.807, 2.05) is 0 Å². The first-order valence-corrected chi connectivity index (χ1v) is 14.0. The molecule has 0 heterocycles. The second kappa shape index (κ2) is 14.9. The van der Waals surface area contributed by atoms with Crippen LogP contribution in [-0.2, 0) is 9.53 Å². The maximum absolute atomic E-state index is 12.8. The molecule has 2 aliphatic carbocycles. The Morgan fingerprint density at radius 1 is 0.972 bits per heavy atom. The summed E-state index contributed by atoms with van der Waals surface area (Å²) in [6.07, 6.45) is 15.9. The summed E-state index contributed by atoms with van der Waals surface area (Å²) in [6.45, 7) is 12.1. The van der Waals surface area contributed by atoms with Crippen LogP contribution in [0.4, 0.5) is 5.69 Å². The van der Waals surface area contributed by atoms with Crippen molar-refractivity contribution in [3.8, 4) is 17.6 Å². The Balaban J connectivity index is 1.52. The topological polar surface area (TPSA) is 72.9 Å². The summed E-state index contributed by atoms with van der Waals surface area (Å²) in [6, 6.07) is 5.22.